The molecule has 0 atom stereocenters. The second-order valence-corrected chi connectivity index (χ2v) is 7.35. The van der Waals surface area contributed by atoms with Crippen molar-refractivity contribution in [2.75, 3.05) is 7.11 Å². The van der Waals surface area contributed by atoms with Crippen LogP contribution in [0.3, 0.4) is 0 Å². The van der Waals surface area contributed by atoms with Crippen molar-refractivity contribution in [1.29, 1.82) is 0 Å². The second kappa shape index (κ2) is 8.83. The molecule has 4 aromatic rings. The van der Waals surface area contributed by atoms with E-state index in [2.05, 4.69) is 10.3 Å². The molecule has 6 nitrogen and oxygen atoms in total. The lowest BCUT2D eigenvalue weighted by Gasteiger charge is -2.13. The Labute approximate surface area is 180 Å². The van der Waals surface area contributed by atoms with E-state index in [0.29, 0.717) is 17.9 Å². The van der Waals surface area contributed by atoms with Gasteiger partial charge in [-0.15, -0.1) is 0 Å². The molecule has 0 spiro atoms. The molecule has 31 heavy (non-hydrogen) atoms. The van der Waals surface area contributed by atoms with Gasteiger partial charge >= 0.3 is 0 Å². The van der Waals surface area contributed by atoms with Crippen LogP contribution in [0.15, 0.2) is 77.7 Å². The number of hydrogen-bond donors (Lipinski definition) is 1. The first-order valence-corrected chi connectivity index (χ1v) is 10.0. The Morgan fingerprint density at radius 2 is 1.84 bits per heavy atom. The summed E-state index contributed by atoms with van der Waals surface area (Å²) in [6, 6.07) is 20.6. The van der Waals surface area contributed by atoms with Gasteiger partial charge in [0.1, 0.15) is 17.0 Å². The van der Waals surface area contributed by atoms with Gasteiger partial charge in [0.25, 0.3) is 11.5 Å². The summed E-state index contributed by atoms with van der Waals surface area (Å²) in [5.41, 5.74) is 3.21. The van der Waals surface area contributed by atoms with E-state index in [1.165, 1.54) is 0 Å². The summed E-state index contributed by atoms with van der Waals surface area (Å²) in [5, 5.41) is 3.57. The number of nitrogens with one attached hydrogen (secondary N) is 1. The average molecular weight is 413 g/mol. The number of para-hydroxylation sites is 1. The molecular formula is C25H23N3O3. The van der Waals surface area contributed by atoms with Gasteiger partial charge in [-0.05, 0) is 36.8 Å². The topological polar surface area (TPSA) is 73.2 Å². The van der Waals surface area contributed by atoms with Crippen LogP contribution in [0.5, 0.6) is 5.75 Å². The molecule has 0 aliphatic heterocycles. The number of ether oxygens (including phenoxy) is 1. The fourth-order valence-corrected chi connectivity index (χ4v) is 3.51. The molecule has 156 valence electrons. The van der Waals surface area contributed by atoms with Crippen molar-refractivity contribution in [1.82, 2.24) is 14.9 Å². The molecule has 0 aliphatic rings. The highest BCUT2D eigenvalue weighted by Gasteiger charge is 2.17. The second-order valence-electron chi connectivity index (χ2n) is 7.35. The smallest absolute Gasteiger partial charge is 0.265 e. The minimum absolute atomic E-state index is 0.0857. The van der Waals surface area contributed by atoms with Gasteiger partial charge in [0, 0.05) is 23.7 Å². The molecule has 2 aromatic carbocycles. The van der Waals surface area contributed by atoms with Crippen LogP contribution in [0.4, 0.5) is 0 Å². The zero-order chi connectivity index (χ0) is 21.8. The van der Waals surface area contributed by atoms with E-state index in [1.807, 2.05) is 61.5 Å². The van der Waals surface area contributed by atoms with Gasteiger partial charge in [0.2, 0.25) is 0 Å². The highest BCUT2D eigenvalue weighted by molar-refractivity contribution is 5.96. The lowest BCUT2D eigenvalue weighted by atomic mass is 10.1. The Morgan fingerprint density at radius 1 is 1.06 bits per heavy atom. The molecule has 1 amide bonds. The zero-order valence-corrected chi connectivity index (χ0v) is 17.5. The van der Waals surface area contributed by atoms with E-state index in [-0.39, 0.29) is 17.7 Å². The quantitative estimate of drug-likeness (QED) is 0.523. The number of aryl methyl sites for hydroxylation is 1. The van der Waals surface area contributed by atoms with Crippen LogP contribution < -0.4 is 15.6 Å². The van der Waals surface area contributed by atoms with Gasteiger partial charge in [0.05, 0.1) is 13.7 Å². The summed E-state index contributed by atoms with van der Waals surface area (Å²) in [5.74, 6) is 0.251. The molecule has 0 aliphatic carbocycles. The van der Waals surface area contributed by atoms with Crippen molar-refractivity contribution >= 4 is 16.9 Å². The number of amides is 1. The third-order valence-corrected chi connectivity index (χ3v) is 5.19. The third kappa shape index (κ3) is 4.33. The van der Waals surface area contributed by atoms with Gasteiger partial charge in [0.15, 0.2) is 0 Å². The number of aromatic nitrogens is 2. The molecule has 4 rings (SSSR count). The molecule has 0 unspecified atom stereocenters. The Morgan fingerprint density at radius 3 is 2.61 bits per heavy atom. The van der Waals surface area contributed by atoms with Gasteiger partial charge in [-0.3, -0.25) is 14.2 Å². The monoisotopic (exact) mass is 413 g/mol. The maximum atomic E-state index is 13.3. The van der Waals surface area contributed by atoms with Gasteiger partial charge < -0.3 is 10.1 Å². The lowest BCUT2D eigenvalue weighted by molar-refractivity contribution is 0.0949. The predicted octanol–water partition coefficient (Wildman–Crippen LogP) is 3.69. The van der Waals surface area contributed by atoms with E-state index < -0.39 is 5.91 Å². The van der Waals surface area contributed by atoms with E-state index in [1.54, 1.807) is 30.0 Å². The summed E-state index contributed by atoms with van der Waals surface area (Å²) >= 11 is 0. The van der Waals surface area contributed by atoms with Crippen LogP contribution >= 0.6 is 0 Å². The van der Waals surface area contributed by atoms with Gasteiger partial charge in [-0.25, -0.2) is 4.98 Å². The highest BCUT2D eigenvalue weighted by Crippen LogP contribution is 2.17. The SMILES string of the molecule is COc1ccccc1CNC(=O)c1cc2cccnc2n(Cc2ccc(C)cc2)c1=O. The van der Waals surface area contributed by atoms with Gasteiger partial charge in [-0.1, -0.05) is 48.0 Å². The van der Waals surface area contributed by atoms with Crippen molar-refractivity contribution < 1.29 is 9.53 Å². The number of hydrogen-bond acceptors (Lipinski definition) is 4. The number of fused-ring (bicyclic) bond motifs is 1. The van der Waals surface area contributed by atoms with Crippen LogP contribution in [0, 0.1) is 6.92 Å². The third-order valence-electron chi connectivity index (χ3n) is 5.19. The first-order valence-electron chi connectivity index (χ1n) is 10.0. The molecule has 2 heterocycles. The van der Waals surface area contributed by atoms with Crippen molar-refractivity contribution in [2.45, 2.75) is 20.0 Å². The Kier molecular flexibility index (Phi) is 5.80. The molecule has 0 fully saturated rings. The Balaban J connectivity index is 1.69. The van der Waals surface area contributed by atoms with Crippen LogP contribution in [0.1, 0.15) is 27.0 Å². The van der Waals surface area contributed by atoms with Crippen LogP contribution in [-0.4, -0.2) is 22.6 Å². The van der Waals surface area contributed by atoms with E-state index >= 15 is 0 Å². The van der Waals surface area contributed by atoms with Crippen molar-refractivity contribution in [3.8, 4) is 5.75 Å². The first kappa shape index (κ1) is 20.3. The van der Waals surface area contributed by atoms with Crippen LogP contribution in [0.25, 0.3) is 11.0 Å². The summed E-state index contributed by atoms with van der Waals surface area (Å²) in [6.45, 7) is 2.60. The van der Waals surface area contributed by atoms with Gasteiger partial charge in [-0.2, -0.15) is 0 Å². The Bertz CT molecular complexity index is 1290. The first-order chi connectivity index (χ1) is 15.1. The molecule has 2 aromatic heterocycles. The molecule has 1 N–H and O–H groups in total. The van der Waals surface area contributed by atoms with Crippen LogP contribution in [0.2, 0.25) is 0 Å². The molecule has 0 saturated carbocycles. The van der Waals surface area contributed by atoms with Crippen molar-refractivity contribution in [2.24, 2.45) is 0 Å². The number of methoxy groups -OCH3 is 1. The number of carbonyl (C=O) groups excluding carboxylic acids is 1. The van der Waals surface area contributed by atoms with Crippen molar-refractivity contribution in [3.05, 3.63) is 106 Å². The molecular weight excluding hydrogens is 390 g/mol. The number of carbonyl (C=O) groups is 1. The fourth-order valence-electron chi connectivity index (χ4n) is 3.51. The highest BCUT2D eigenvalue weighted by atomic mass is 16.5. The molecule has 6 heteroatoms. The minimum Gasteiger partial charge on any atom is -0.496 e. The molecule has 0 radical (unpaired) electrons. The standard InChI is InChI=1S/C25H23N3O3/c1-17-9-11-18(12-10-17)16-28-23-19(7-5-13-26-23)14-21(25(28)30)24(29)27-15-20-6-3-4-8-22(20)31-2/h3-14H,15-16H2,1-2H3,(H,27,29). The van der Waals surface area contributed by atoms with Crippen molar-refractivity contribution in [3.63, 3.8) is 0 Å². The lowest BCUT2D eigenvalue weighted by Crippen LogP contribution is -2.33. The number of pyridine rings is 2. The normalized spacial score (nSPS) is 10.8. The summed E-state index contributed by atoms with van der Waals surface area (Å²) < 4.78 is 6.89. The fraction of sp³-hybridized carbons (Fsp3) is 0.160. The maximum Gasteiger partial charge on any atom is 0.265 e. The Hall–Kier alpha value is -3.93. The van der Waals surface area contributed by atoms with E-state index in [9.17, 15) is 9.59 Å². The summed E-state index contributed by atoms with van der Waals surface area (Å²) in [6.07, 6.45) is 1.65. The van der Waals surface area contributed by atoms with E-state index in [0.717, 1.165) is 22.1 Å². The number of benzene rings is 2. The molecule has 0 saturated heterocycles. The zero-order valence-electron chi connectivity index (χ0n) is 17.5. The predicted molar refractivity (Wildman–Crippen MR) is 120 cm³/mol. The average Bonchev–Trinajstić information content (AvgIpc) is 2.80. The minimum atomic E-state index is -0.431. The number of nitrogens with zero attached hydrogens (tertiary/aromatic N) is 2. The number of rotatable bonds is 6. The maximum absolute atomic E-state index is 13.3. The van der Waals surface area contributed by atoms with Crippen LogP contribution in [-0.2, 0) is 13.1 Å². The summed E-state index contributed by atoms with van der Waals surface area (Å²) in [7, 11) is 1.58. The van der Waals surface area contributed by atoms with E-state index in [4.69, 9.17) is 4.74 Å². The molecule has 0 bridgehead atoms. The summed E-state index contributed by atoms with van der Waals surface area (Å²) in [4.78, 5) is 30.6. The largest absolute Gasteiger partial charge is 0.496 e.